The maximum Gasteiger partial charge on any atom is 0.391 e. The summed E-state index contributed by atoms with van der Waals surface area (Å²) in [6.45, 7) is 9.79. The third kappa shape index (κ3) is 5.33. The quantitative estimate of drug-likeness (QED) is 0.774. The molecule has 1 aliphatic rings. The van der Waals surface area contributed by atoms with E-state index in [-0.39, 0.29) is 18.9 Å². The maximum absolute atomic E-state index is 12.6. The second-order valence-corrected chi connectivity index (χ2v) is 6.65. The number of halogens is 3. The Balaban J connectivity index is 2.33. The molecule has 0 saturated heterocycles. The lowest BCUT2D eigenvalue weighted by molar-refractivity contribution is -0.182. The molecule has 1 aliphatic carbocycles. The van der Waals surface area contributed by atoms with E-state index in [0.29, 0.717) is 30.6 Å². The normalized spacial score (nSPS) is 25.6. The monoisotopic (exact) mass is 279 g/mol. The molecule has 1 rings (SSSR count). The average Bonchev–Trinajstić information content (AvgIpc) is 2.27. The zero-order valence-electron chi connectivity index (χ0n) is 12.6. The summed E-state index contributed by atoms with van der Waals surface area (Å²) in [6, 6.07) is 0.276. The van der Waals surface area contributed by atoms with Crippen molar-refractivity contribution in [2.45, 2.75) is 65.6 Å². The third-order valence-corrected chi connectivity index (χ3v) is 4.54. The van der Waals surface area contributed by atoms with E-state index in [1.807, 2.05) is 0 Å². The predicted octanol–water partition coefficient (Wildman–Crippen LogP) is 4.63. The highest BCUT2D eigenvalue weighted by Gasteiger charge is 2.41. The largest absolute Gasteiger partial charge is 0.391 e. The van der Waals surface area contributed by atoms with E-state index < -0.39 is 12.1 Å². The molecule has 0 aromatic rings. The molecule has 1 saturated carbocycles. The van der Waals surface area contributed by atoms with Gasteiger partial charge in [-0.3, -0.25) is 0 Å². The lowest BCUT2D eigenvalue weighted by Gasteiger charge is -2.33. The Labute approximate surface area is 115 Å². The molecular formula is C15H28F3N. The lowest BCUT2D eigenvalue weighted by Crippen LogP contribution is -2.40. The van der Waals surface area contributed by atoms with Crippen LogP contribution in [0.2, 0.25) is 0 Å². The van der Waals surface area contributed by atoms with Gasteiger partial charge in [-0.2, -0.15) is 13.2 Å². The van der Waals surface area contributed by atoms with Crippen molar-refractivity contribution in [3.63, 3.8) is 0 Å². The van der Waals surface area contributed by atoms with Crippen LogP contribution in [0.1, 0.15) is 53.4 Å². The summed E-state index contributed by atoms with van der Waals surface area (Å²) in [7, 11) is 0. The Morgan fingerprint density at radius 1 is 0.947 bits per heavy atom. The van der Waals surface area contributed by atoms with Crippen molar-refractivity contribution in [1.29, 1.82) is 0 Å². The highest BCUT2D eigenvalue weighted by atomic mass is 19.4. The number of hydrogen-bond donors (Lipinski definition) is 1. The molecule has 0 radical (unpaired) electrons. The molecular weight excluding hydrogens is 251 g/mol. The molecule has 0 atom stereocenters. The van der Waals surface area contributed by atoms with Crippen LogP contribution in [0.25, 0.3) is 0 Å². The third-order valence-electron chi connectivity index (χ3n) is 4.54. The fraction of sp³-hybridized carbons (Fsp3) is 1.00. The fourth-order valence-electron chi connectivity index (χ4n) is 3.17. The predicted molar refractivity (Wildman–Crippen MR) is 73.0 cm³/mol. The van der Waals surface area contributed by atoms with Crippen LogP contribution in [-0.2, 0) is 0 Å². The van der Waals surface area contributed by atoms with Crippen molar-refractivity contribution in [1.82, 2.24) is 5.32 Å². The molecule has 0 spiro atoms. The van der Waals surface area contributed by atoms with Gasteiger partial charge in [0.15, 0.2) is 0 Å². The van der Waals surface area contributed by atoms with E-state index in [1.54, 1.807) is 0 Å². The topological polar surface area (TPSA) is 12.0 Å². The zero-order valence-corrected chi connectivity index (χ0v) is 12.6. The smallest absolute Gasteiger partial charge is 0.314 e. The molecule has 1 N–H and O–H groups in total. The first-order chi connectivity index (χ1) is 8.71. The summed E-state index contributed by atoms with van der Waals surface area (Å²) in [5, 5.41) is 3.49. The van der Waals surface area contributed by atoms with Gasteiger partial charge in [0, 0.05) is 6.04 Å². The SMILES string of the molecule is CC(C)C(CNC1CCC(C(F)(F)F)CC1)C(C)C. The van der Waals surface area contributed by atoms with Crippen molar-refractivity contribution < 1.29 is 13.2 Å². The van der Waals surface area contributed by atoms with E-state index in [1.165, 1.54) is 0 Å². The Hall–Kier alpha value is -0.250. The van der Waals surface area contributed by atoms with Gasteiger partial charge in [0.25, 0.3) is 0 Å². The number of alkyl halides is 3. The van der Waals surface area contributed by atoms with Gasteiger partial charge in [0.1, 0.15) is 0 Å². The van der Waals surface area contributed by atoms with Crippen molar-refractivity contribution in [3.8, 4) is 0 Å². The standard InChI is InChI=1S/C15H28F3N/c1-10(2)14(11(3)4)9-19-13-7-5-12(6-8-13)15(16,17)18/h10-14,19H,5-9H2,1-4H3. The van der Waals surface area contributed by atoms with Crippen LogP contribution in [0.4, 0.5) is 13.2 Å². The molecule has 1 fully saturated rings. The van der Waals surface area contributed by atoms with Crippen LogP contribution in [0.3, 0.4) is 0 Å². The summed E-state index contributed by atoms with van der Waals surface area (Å²) in [5.74, 6) is 0.745. The maximum atomic E-state index is 12.6. The van der Waals surface area contributed by atoms with Gasteiger partial charge in [-0.15, -0.1) is 0 Å². The van der Waals surface area contributed by atoms with Crippen molar-refractivity contribution in [3.05, 3.63) is 0 Å². The van der Waals surface area contributed by atoms with Gasteiger partial charge < -0.3 is 5.32 Å². The average molecular weight is 279 g/mol. The minimum Gasteiger partial charge on any atom is -0.314 e. The number of nitrogens with one attached hydrogen (secondary N) is 1. The summed E-state index contributed by atoms with van der Waals surface area (Å²) < 4.78 is 37.7. The zero-order chi connectivity index (χ0) is 14.6. The van der Waals surface area contributed by atoms with Crippen LogP contribution >= 0.6 is 0 Å². The van der Waals surface area contributed by atoms with Crippen LogP contribution in [0, 0.1) is 23.7 Å². The lowest BCUT2D eigenvalue weighted by atomic mass is 9.83. The Kier molecular flexibility index (Phi) is 6.15. The summed E-state index contributed by atoms with van der Waals surface area (Å²) in [4.78, 5) is 0. The van der Waals surface area contributed by atoms with E-state index in [0.717, 1.165) is 6.54 Å². The van der Waals surface area contributed by atoms with E-state index in [9.17, 15) is 13.2 Å². The summed E-state index contributed by atoms with van der Waals surface area (Å²) in [6.07, 6.45) is -2.10. The summed E-state index contributed by atoms with van der Waals surface area (Å²) in [5.41, 5.74) is 0. The molecule has 0 heterocycles. The minimum absolute atomic E-state index is 0.276. The minimum atomic E-state index is -4.00. The van der Waals surface area contributed by atoms with Gasteiger partial charge in [0.05, 0.1) is 5.92 Å². The first-order valence-corrected chi connectivity index (χ1v) is 7.52. The number of hydrogen-bond acceptors (Lipinski definition) is 1. The van der Waals surface area contributed by atoms with Gasteiger partial charge in [-0.05, 0) is 50.0 Å². The van der Waals surface area contributed by atoms with Crippen molar-refractivity contribution in [2.24, 2.45) is 23.7 Å². The second kappa shape index (κ2) is 6.96. The van der Waals surface area contributed by atoms with Crippen LogP contribution < -0.4 is 5.32 Å². The molecule has 0 aromatic carbocycles. The highest BCUT2D eigenvalue weighted by Crippen LogP contribution is 2.37. The molecule has 0 bridgehead atoms. The van der Waals surface area contributed by atoms with Crippen molar-refractivity contribution in [2.75, 3.05) is 6.54 Å². The second-order valence-electron chi connectivity index (χ2n) is 6.65. The molecule has 0 unspecified atom stereocenters. The Morgan fingerprint density at radius 3 is 1.79 bits per heavy atom. The van der Waals surface area contributed by atoms with Crippen LogP contribution in [0.15, 0.2) is 0 Å². The van der Waals surface area contributed by atoms with Gasteiger partial charge >= 0.3 is 6.18 Å². The van der Waals surface area contributed by atoms with Crippen LogP contribution in [-0.4, -0.2) is 18.8 Å². The molecule has 114 valence electrons. The van der Waals surface area contributed by atoms with E-state index >= 15 is 0 Å². The Bertz CT molecular complexity index is 245. The molecule has 0 aliphatic heterocycles. The van der Waals surface area contributed by atoms with Gasteiger partial charge in [0.2, 0.25) is 0 Å². The molecule has 0 aromatic heterocycles. The molecule has 1 nitrogen and oxygen atoms in total. The molecule has 4 heteroatoms. The van der Waals surface area contributed by atoms with E-state index in [2.05, 4.69) is 33.0 Å². The summed E-state index contributed by atoms with van der Waals surface area (Å²) >= 11 is 0. The van der Waals surface area contributed by atoms with Crippen LogP contribution in [0.5, 0.6) is 0 Å². The first kappa shape index (κ1) is 16.8. The molecule has 0 amide bonds. The molecule has 19 heavy (non-hydrogen) atoms. The fourth-order valence-corrected chi connectivity index (χ4v) is 3.17. The van der Waals surface area contributed by atoms with E-state index in [4.69, 9.17) is 0 Å². The first-order valence-electron chi connectivity index (χ1n) is 7.52. The highest BCUT2D eigenvalue weighted by molar-refractivity contribution is 4.82. The van der Waals surface area contributed by atoms with Gasteiger partial charge in [-0.1, -0.05) is 27.7 Å². The van der Waals surface area contributed by atoms with Crippen molar-refractivity contribution >= 4 is 0 Å². The van der Waals surface area contributed by atoms with Gasteiger partial charge in [-0.25, -0.2) is 0 Å². The number of rotatable bonds is 5. The Morgan fingerprint density at radius 2 is 1.42 bits per heavy atom.